The number of hydrogen-bond acceptors (Lipinski definition) is 3. The van der Waals surface area contributed by atoms with Crippen LogP contribution in [0.15, 0.2) is 54.6 Å². The number of ether oxygens (including phenoxy) is 1. The fourth-order valence-corrected chi connectivity index (χ4v) is 5.17. The van der Waals surface area contributed by atoms with Crippen LogP contribution in [-0.2, 0) is 11.2 Å². The fourth-order valence-electron chi connectivity index (χ4n) is 5.17. The molecule has 0 unspecified atom stereocenters. The Labute approximate surface area is 186 Å². The summed E-state index contributed by atoms with van der Waals surface area (Å²) in [5.74, 6) is 2.34. The first kappa shape index (κ1) is 22.6. The van der Waals surface area contributed by atoms with E-state index in [0.717, 1.165) is 44.6 Å². The Kier molecular flexibility index (Phi) is 7.79. The molecular formula is C25H33ClN2O2. The Hall–Kier alpha value is -2.04. The van der Waals surface area contributed by atoms with Gasteiger partial charge in [0.1, 0.15) is 5.75 Å². The third-order valence-corrected chi connectivity index (χ3v) is 6.65. The van der Waals surface area contributed by atoms with Gasteiger partial charge in [-0.05, 0) is 55.5 Å². The van der Waals surface area contributed by atoms with Crippen LogP contribution in [0.5, 0.6) is 5.75 Å². The summed E-state index contributed by atoms with van der Waals surface area (Å²) in [6.07, 6.45) is 3.79. The highest BCUT2D eigenvalue weighted by Gasteiger charge is 2.46. The van der Waals surface area contributed by atoms with E-state index >= 15 is 0 Å². The molecule has 1 amide bonds. The monoisotopic (exact) mass is 428 g/mol. The Balaban J connectivity index is 0.00000256. The van der Waals surface area contributed by atoms with E-state index in [-0.39, 0.29) is 12.4 Å². The second-order valence-corrected chi connectivity index (χ2v) is 8.57. The number of likely N-dealkylation sites (tertiary alicyclic amines) is 2. The summed E-state index contributed by atoms with van der Waals surface area (Å²) >= 11 is 0. The highest BCUT2D eigenvalue weighted by molar-refractivity contribution is 5.85. The number of rotatable bonds is 7. The lowest BCUT2D eigenvalue weighted by Gasteiger charge is -2.27. The summed E-state index contributed by atoms with van der Waals surface area (Å²) in [5, 5.41) is 0. The second-order valence-electron chi connectivity index (χ2n) is 8.57. The number of aryl methyl sites for hydroxylation is 1. The second kappa shape index (κ2) is 10.3. The number of fused-ring (bicyclic) bond motifs is 1. The maximum absolute atomic E-state index is 12.8. The van der Waals surface area contributed by atoms with E-state index in [9.17, 15) is 4.79 Å². The zero-order valence-electron chi connectivity index (χ0n) is 18.0. The summed E-state index contributed by atoms with van der Waals surface area (Å²) in [4.78, 5) is 17.4. The van der Waals surface area contributed by atoms with Gasteiger partial charge in [-0.3, -0.25) is 9.69 Å². The van der Waals surface area contributed by atoms with Crippen molar-refractivity contribution in [2.24, 2.45) is 11.8 Å². The highest BCUT2D eigenvalue weighted by Crippen LogP contribution is 2.44. The predicted molar refractivity (Wildman–Crippen MR) is 123 cm³/mol. The van der Waals surface area contributed by atoms with Gasteiger partial charge in [0.15, 0.2) is 0 Å². The number of nitrogens with zero attached hydrogens (tertiary/aromatic N) is 2. The van der Waals surface area contributed by atoms with Crippen molar-refractivity contribution >= 4 is 18.3 Å². The summed E-state index contributed by atoms with van der Waals surface area (Å²) in [6.45, 7) is 2.88. The smallest absolute Gasteiger partial charge is 0.222 e. The number of carbonyl (C=O) groups excluding carboxylic acids is 1. The molecule has 2 fully saturated rings. The van der Waals surface area contributed by atoms with Crippen molar-refractivity contribution in [2.45, 2.75) is 31.7 Å². The lowest BCUT2D eigenvalue weighted by atomic mass is 9.89. The molecular weight excluding hydrogens is 396 g/mol. The van der Waals surface area contributed by atoms with Crippen LogP contribution >= 0.6 is 12.4 Å². The average molecular weight is 429 g/mol. The Morgan fingerprint density at radius 1 is 1.00 bits per heavy atom. The lowest BCUT2D eigenvalue weighted by Crippen LogP contribution is -2.33. The van der Waals surface area contributed by atoms with Crippen molar-refractivity contribution in [3.8, 4) is 5.75 Å². The van der Waals surface area contributed by atoms with Crippen molar-refractivity contribution in [2.75, 3.05) is 33.8 Å². The lowest BCUT2D eigenvalue weighted by molar-refractivity contribution is -0.130. The molecule has 3 atom stereocenters. The van der Waals surface area contributed by atoms with Gasteiger partial charge in [-0.1, -0.05) is 42.5 Å². The first-order chi connectivity index (χ1) is 14.2. The van der Waals surface area contributed by atoms with E-state index in [1.54, 1.807) is 7.11 Å². The minimum absolute atomic E-state index is 0. The molecule has 4 rings (SSSR count). The van der Waals surface area contributed by atoms with Crippen LogP contribution in [-0.4, -0.2) is 49.5 Å². The maximum atomic E-state index is 12.8. The molecule has 2 aromatic rings. The molecule has 2 aliphatic rings. The third kappa shape index (κ3) is 4.98. The molecule has 0 saturated carbocycles. The van der Waals surface area contributed by atoms with Crippen LogP contribution in [0.4, 0.5) is 0 Å². The maximum Gasteiger partial charge on any atom is 0.222 e. The third-order valence-electron chi connectivity index (χ3n) is 6.65. The van der Waals surface area contributed by atoms with Gasteiger partial charge in [0.05, 0.1) is 7.11 Å². The topological polar surface area (TPSA) is 32.8 Å². The van der Waals surface area contributed by atoms with Gasteiger partial charge in [-0.2, -0.15) is 0 Å². The van der Waals surface area contributed by atoms with Gasteiger partial charge in [0, 0.05) is 38.0 Å². The van der Waals surface area contributed by atoms with Gasteiger partial charge in [0.2, 0.25) is 5.91 Å². The minimum Gasteiger partial charge on any atom is -0.497 e. The molecule has 162 valence electrons. The Morgan fingerprint density at radius 2 is 1.73 bits per heavy atom. The highest BCUT2D eigenvalue weighted by atomic mass is 35.5. The largest absolute Gasteiger partial charge is 0.497 e. The van der Waals surface area contributed by atoms with Crippen LogP contribution < -0.4 is 4.74 Å². The number of hydrogen-bond donors (Lipinski definition) is 0. The molecule has 0 aromatic heterocycles. The zero-order chi connectivity index (χ0) is 20.2. The van der Waals surface area contributed by atoms with Crippen molar-refractivity contribution in [3.63, 3.8) is 0 Å². The van der Waals surface area contributed by atoms with E-state index in [1.807, 2.05) is 18.2 Å². The molecule has 0 aliphatic carbocycles. The number of methoxy groups -OCH3 is 1. The zero-order valence-corrected chi connectivity index (χ0v) is 18.8. The number of carbonyl (C=O) groups is 1. The molecule has 2 aliphatic heterocycles. The first-order valence-corrected chi connectivity index (χ1v) is 10.8. The molecule has 5 heteroatoms. The molecule has 0 N–H and O–H groups in total. The quantitative estimate of drug-likeness (QED) is 0.604. The van der Waals surface area contributed by atoms with Crippen LogP contribution in [0.25, 0.3) is 0 Å². The van der Waals surface area contributed by atoms with Gasteiger partial charge < -0.3 is 9.64 Å². The Morgan fingerprint density at radius 3 is 2.43 bits per heavy atom. The van der Waals surface area contributed by atoms with Crippen LogP contribution in [0, 0.1) is 11.8 Å². The van der Waals surface area contributed by atoms with Crippen LogP contribution in [0.3, 0.4) is 0 Å². The van der Waals surface area contributed by atoms with Crippen molar-refractivity contribution in [1.29, 1.82) is 0 Å². The Bertz CT molecular complexity index is 812. The van der Waals surface area contributed by atoms with E-state index in [0.29, 0.717) is 30.2 Å². The molecule has 0 spiro atoms. The first-order valence-electron chi connectivity index (χ1n) is 10.8. The number of halogens is 1. The fraction of sp³-hybridized carbons (Fsp3) is 0.480. The SMILES string of the molecule is COc1ccc([C@@H]2[C@@H]3CN(C(=O)CCCCc4ccccc4)C[C@@H]3CN2C)cc1.Cl. The average Bonchev–Trinajstić information content (AvgIpc) is 3.28. The van der Waals surface area contributed by atoms with E-state index in [1.165, 1.54) is 11.1 Å². The summed E-state index contributed by atoms with van der Waals surface area (Å²) in [7, 11) is 3.91. The van der Waals surface area contributed by atoms with Crippen LogP contribution in [0.2, 0.25) is 0 Å². The van der Waals surface area contributed by atoms with E-state index in [2.05, 4.69) is 53.2 Å². The van der Waals surface area contributed by atoms with E-state index in [4.69, 9.17) is 4.74 Å². The predicted octanol–water partition coefficient (Wildman–Crippen LogP) is 4.59. The summed E-state index contributed by atoms with van der Waals surface area (Å²) in [6, 6.07) is 19.4. The van der Waals surface area contributed by atoms with Crippen LogP contribution in [0.1, 0.15) is 36.4 Å². The minimum atomic E-state index is 0. The summed E-state index contributed by atoms with van der Waals surface area (Å²) < 4.78 is 5.30. The standard InChI is InChI=1S/C25H32N2O2.ClH/c1-26-16-21-17-27(24(28)11-7-6-10-19-8-4-3-5-9-19)18-23(21)25(26)20-12-14-22(29-2)15-13-20;/h3-5,8-9,12-15,21,23,25H,6-7,10-11,16-18H2,1-2H3;1H/t21-,23+,25+;/m0./s1. The molecule has 30 heavy (non-hydrogen) atoms. The van der Waals surface area contributed by atoms with Crippen molar-refractivity contribution < 1.29 is 9.53 Å². The molecule has 0 radical (unpaired) electrons. The molecule has 0 bridgehead atoms. The van der Waals surface area contributed by atoms with Gasteiger partial charge >= 0.3 is 0 Å². The van der Waals surface area contributed by atoms with Gasteiger partial charge in [-0.25, -0.2) is 0 Å². The normalized spacial score (nSPS) is 23.1. The molecule has 2 saturated heterocycles. The van der Waals surface area contributed by atoms with Crippen molar-refractivity contribution in [1.82, 2.24) is 9.80 Å². The number of amides is 1. The van der Waals surface area contributed by atoms with Gasteiger partial charge in [0.25, 0.3) is 0 Å². The number of unbranched alkanes of at least 4 members (excludes halogenated alkanes) is 1. The van der Waals surface area contributed by atoms with Crippen molar-refractivity contribution in [3.05, 3.63) is 65.7 Å². The van der Waals surface area contributed by atoms with Gasteiger partial charge in [-0.15, -0.1) is 12.4 Å². The molecule has 2 aromatic carbocycles. The number of benzene rings is 2. The molecule has 2 heterocycles. The summed E-state index contributed by atoms with van der Waals surface area (Å²) in [5.41, 5.74) is 2.69. The van der Waals surface area contributed by atoms with E-state index < -0.39 is 0 Å². The molecule has 4 nitrogen and oxygen atoms in total.